The van der Waals surface area contributed by atoms with Crippen LogP contribution in [0.15, 0.2) is 0 Å². The lowest BCUT2D eigenvalue weighted by Gasteiger charge is -1.68. The molecule has 0 atom stereocenters. The van der Waals surface area contributed by atoms with Crippen LogP contribution >= 0.6 is 0 Å². The van der Waals surface area contributed by atoms with Crippen molar-refractivity contribution in [3.05, 3.63) is 0 Å². The summed E-state index contributed by atoms with van der Waals surface area (Å²) in [6, 6.07) is 0. The third-order valence-corrected chi connectivity index (χ3v) is 0.144. The van der Waals surface area contributed by atoms with Crippen molar-refractivity contribution in [3.8, 4) is 0 Å². The number of hydrogen-bond acceptors (Lipinski definition) is 0. The summed E-state index contributed by atoms with van der Waals surface area (Å²) < 4.78 is 33.4. The molecule has 0 unspecified atom stereocenters. The van der Waals surface area contributed by atoms with E-state index in [9.17, 15) is 0 Å². The minimum absolute atomic E-state index is 0.0231. The van der Waals surface area contributed by atoms with Crippen LogP contribution in [0.25, 0.3) is 0 Å². The molecule has 0 rings (SSSR count). The Morgan fingerprint density at radius 1 is 1.75 bits per heavy atom. The van der Waals surface area contributed by atoms with Crippen LogP contribution in [0.1, 0.15) is 33.4 Å². The second kappa shape index (κ2) is 3.00. The summed E-state index contributed by atoms with van der Waals surface area (Å²) in [6.45, 7) is -2.95. The Kier molecular flexibility index (Phi) is 0.422. The van der Waals surface area contributed by atoms with Gasteiger partial charge >= 0.3 is 0 Å². The van der Waals surface area contributed by atoms with Gasteiger partial charge in [0, 0.05) is 6.85 Å². The smallest absolute Gasteiger partial charge is 0.0230 e. The molecule has 0 N–H and O–H groups in total. The minimum Gasteiger partial charge on any atom is -0.0654 e. The van der Waals surface area contributed by atoms with Crippen molar-refractivity contribution in [2.75, 3.05) is 0 Å². The normalized spacial score (nSPS) is 29.8. The van der Waals surface area contributed by atoms with Crippen LogP contribution in [-0.2, 0) is 0 Å². The standard InChI is InChI=1S/C4H10/c1-3-4-2/h3-4H2,1-2H3/i1D2,2D3. The lowest BCUT2D eigenvalue weighted by Crippen LogP contribution is -1.47. The summed E-state index contributed by atoms with van der Waals surface area (Å²) in [7, 11) is 0. The summed E-state index contributed by atoms with van der Waals surface area (Å²) in [4.78, 5) is 0. The fourth-order valence-corrected chi connectivity index (χ4v) is 0. The van der Waals surface area contributed by atoms with Crippen molar-refractivity contribution in [3.63, 3.8) is 0 Å². The Bertz CT molecular complexity index is 73.5. The van der Waals surface area contributed by atoms with Gasteiger partial charge in [-0.25, -0.2) is 0 Å². The quantitative estimate of drug-likeness (QED) is 0.435. The number of hydrogen-bond donors (Lipinski definition) is 0. The van der Waals surface area contributed by atoms with Crippen LogP contribution in [0.4, 0.5) is 0 Å². The van der Waals surface area contributed by atoms with Crippen LogP contribution in [-0.4, -0.2) is 0 Å². The van der Waals surface area contributed by atoms with Crippen molar-refractivity contribution < 1.29 is 6.85 Å². The molecular formula is C4H10. The summed E-state index contributed by atoms with van der Waals surface area (Å²) >= 11 is 0. The highest BCUT2D eigenvalue weighted by atomic mass is 13.6. The summed E-state index contributed by atoms with van der Waals surface area (Å²) in [5.74, 6) is 0. The van der Waals surface area contributed by atoms with Gasteiger partial charge in [-0.15, -0.1) is 0 Å². The van der Waals surface area contributed by atoms with E-state index in [0.717, 1.165) is 0 Å². The maximum absolute atomic E-state index is 6.69. The molecule has 0 aliphatic rings. The average molecular weight is 63.2 g/mol. The van der Waals surface area contributed by atoms with Gasteiger partial charge in [-0.2, -0.15) is 0 Å². The molecule has 0 aliphatic heterocycles. The van der Waals surface area contributed by atoms with Crippen LogP contribution < -0.4 is 0 Å². The average Bonchev–Trinajstić information content (AvgIpc) is 1.59. The fourth-order valence-electron chi connectivity index (χ4n) is 0. The molecule has 0 heteroatoms. The molecule has 0 bridgehead atoms. The van der Waals surface area contributed by atoms with E-state index >= 15 is 0 Å². The maximum Gasteiger partial charge on any atom is 0.0230 e. The largest absolute Gasteiger partial charge is 0.0654 e. The highest BCUT2D eigenvalue weighted by Crippen LogP contribution is 1.76. The first-order valence-corrected chi connectivity index (χ1v) is 1.26. The first-order chi connectivity index (χ1) is 3.92. The molecule has 0 nitrogen and oxygen atoms in total. The van der Waals surface area contributed by atoms with E-state index in [-0.39, 0.29) is 12.8 Å². The van der Waals surface area contributed by atoms with Gasteiger partial charge in [0.1, 0.15) is 0 Å². The zero-order chi connectivity index (χ0) is 7.49. The molecule has 0 aromatic rings. The van der Waals surface area contributed by atoms with Crippen LogP contribution in [0, 0.1) is 0 Å². The van der Waals surface area contributed by atoms with Gasteiger partial charge in [0.2, 0.25) is 0 Å². The molecule has 0 spiro atoms. The van der Waals surface area contributed by atoms with Crippen LogP contribution in [0.3, 0.4) is 0 Å². The molecule has 0 aromatic carbocycles. The minimum atomic E-state index is -1.96. The van der Waals surface area contributed by atoms with E-state index in [1.165, 1.54) is 0 Å². The summed E-state index contributed by atoms with van der Waals surface area (Å²) in [6.07, 6.45) is 0.112. The second-order valence-corrected chi connectivity index (χ2v) is 0.539. The van der Waals surface area contributed by atoms with E-state index in [1.54, 1.807) is 0 Å². The van der Waals surface area contributed by atoms with Crippen molar-refractivity contribution >= 4 is 0 Å². The van der Waals surface area contributed by atoms with Crippen LogP contribution in [0.2, 0.25) is 0 Å². The third kappa shape index (κ3) is 2.00. The fraction of sp³-hybridized carbons (Fsp3) is 1.00. The Balaban J connectivity index is 3.28. The lowest BCUT2D eigenvalue weighted by atomic mass is 10.4. The Morgan fingerprint density at radius 2 is 2.75 bits per heavy atom. The van der Waals surface area contributed by atoms with Gasteiger partial charge in [-0.3, -0.25) is 0 Å². The summed E-state index contributed by atoms with van der Waals surface area (Å²) in [5.41, 5.74) is 0. The highest BCUT2D eigenvalue weighted by molar-refractivity contribution is 4.12. The lowest BCUT2D eigenvalue weighted by molar-refractivity contribution is 0.886. The highest BCUT2D eigenvalue weighted by Gasteiger charge is 1.56. The van der Waals surface area contributed by atoms with Crippen molar-refractivity contribution in [1.29, 1.82) is 0 Å². The van der Waals surface area contributed by atoms with Gasteiger partial charge < -0.3 is 0 Å². The molecule has 0 heterocycles. The number of rotatable bonds is 1. The van der Waals surface area contributed by atoms with Gasteiger partial charge in [0.15, 0.2) is 0 Å². The Hall–Kier alpha value is 0. The SMILES string of the molecule is [2H]C([2H])CCC([2H])([2H])[2H]. The molecule has 0 saturated heterocycles. The zero-order valence-electron chi connectivity index (χ0n) is 7.49. The molecule has 0 fully saturated rings. The molecule has 0 aromatic heterocycles. The topological polar surface area (TPSA) is 0 Å². The maximum atomic E-state index is 6.69. The molecule has 26 valence electrons. The van der Waals surface area contributed by atoms with E-state index < -0.39 is 13.7 Å². The monoisotopic (exact) mass is 63.1 g/mol. The first kappa shape index (κ1) is 0.562. The molecule has 0 saturated carbocycles. The van der Waals surface area contributed by atoms with Gasteiger partial charge in [0.25, 0.3) is 0 Å². The Morgan fingerprint density at radius 3 is 3.00 bits per heavy atom. The predicted molar refractivity (Wildman–Crippen MR) is 20.6 cm³/mol. The van der Waals surface area contributed by atoms with Crippen LogP contribution in [0.5, 0.6) is 0 Å². The van der Waals surface area contributed by atoms with E-state index in [4.69, 9.17) is 6.85 Å². The first-order valence-electron chi connectivity index (χ1n) is 3.92. The van der Waals surface area contributed by atoms with E-state index in [0.29, 0.717) is 0 Å². The zero-order valence-corrected chi connectivity index (χ0v) is 2.49. The van der Waals surface area contributed by atoms with E-state index in [2.05, 4.69) is 0 Å². The molecular weight excluding hydrogens is 48.0 g/mol. The van der Waals surface area contributed by atoms with Gasteiger partial charge in [0.05, 0.1) is 0 Å². The predicted octanol–water partition coefficient (Wildman–Crippen LogP) is 1.81. The van der Waals surface area contributed by atoms with Crippen molar-refractivity contribution in [2.45, 2.75) is 26.6 Å². The molecule has 4 heavy (non-hydrogen) atoms. The molecule has 0 amide bonds. The van der Waals surface area contributed by atoms with E-state index in [1.807, 2.05) is 0 Å². The van der Waals surface area contributed by atoms with Gasteiger partial charge in [-0.05, 0) is 0 Å². The Labute approximate surface area is 34.9 Å². The molecule has 0 aliphatic carbocycles. The van der Waals surface area contributed by atoms with Crippen molar-refractivity contribution in [2.24, 2.45) is 0 Å². The summed E-state index contributed by atoms with van der Waals surface area (Å²) in [5, 5.41) is 0. The van der Waals surface area contributed by atoms with Crippen molar-refractivity contribution in [1.82, 2.24) is 0 Å². The molecule has 0 radical (unpaired) electrons. The second-order valence-electron chi connectivity index (χ2n) is 0.539. The van der Waals surface area contributed by atoms with Gasteiger partial charge in [-0.1, -0.05) is 26.6 Å². The third-order valence-electron chi connectivity index (χ3n) is 0.144.